The van der Waals surface area contributed by atoms with Crippen LogP contribution in [0, 0.1) is 0 Å². The summed E-state index contributed by atoms with van der Waals surface area (Å²) >= 11 is 5.94. The van der Waals surface area contributed by atoms with Crippen LogP contribution in [0.15, 0.2) is 88.3 Å². The maximum atomic E-state index is 13.1. The molecule has 0 atom stereocenters. The highest BCUT2D eigenvalue weighted by atomic mass is 35.5. The van der Waals surface area contributed by atoms with Crippen molar-refractivity contribution >= 4 is 39.9 Å². The molecule has 0 unspecified atom stereocenters. The minimum atomic E-state index is -0.300. The fraction of sp³-hybridized carbons (Fsp3) is 0.120. The number of nitrogens with zero attached hydrogens (tertiary/aromatic N) is 1. The fourth-order valence-electron chi connectivity index (χ4n) is 3.12. The minimum Gasteiger partial charge on any atom is -0.438 e. The molecule has 4 aromatic rings. The van der Waals surface area contributed by atoms with Gasteiger partial charge in [0.05, 0.1) is 5.69 Å². The second-order valence-corrected chi connectivity index (χ2v) is 7.76. The van der Waals surface area contributed by atoms with Crippen LogP contribution in [0.5, 0.6) is 0 Å². The Balaban J connectivity index is 1.82. The lowest BCUT2D eigenvalue weighted by molar-refractivity contribution is 0.102. The highest BCUT2D eigenvalue weighted by Gasteiger charge is 2.13. The van der Waals surface area contributed by atoms with E-state index < -0.39 is 0 Å². The Labute approximate surface area is 179 Å². The molecule has 1 heterocycles. The van der Waals surface area contributed by atoms with Gasteiger partial charge in [0, 0.05) is 16.1 Å². The SMILES string of the molecule is CC(C)c1cccc(N=c2oc3ccccc3cc2C(=O)Nc2ccc(Cl)cc2)c1. The Morgan fingerprint density at radius 3 is 2.50 bits per heavy atom. The maximum Gasteiger partial charge on any atom is 0.261 e. The van der Waals surface area contributed by atoms with E-state index >= 15 is 0 Å². The molecule has 0 spiro atoms. The third-order valence-corrected chi connectivity index (χ3v) is 5.02. The number of benzene rings is 3. The normalized spacial score (nSPS) is 11.8. The van der Waals surface area contributed by atoms with E-state index in [1.165, 1.54) is 5.56 Å². The lowest BCUT2D eigenvalue weighted by atomic mass is 10.0. The number of anilines is 1. The van der Waals surface area contributed by atoms with Crippen molar-refractivity contribution in [1.82, 2.24) is 0 Å². The summed E-state index contributed by atoms with van der Waals surface area (Å²) in [5.41, 5.74) is 3.84. The van der Waals surface area contributed by atoms with Gasteiger partial charge in [-0.25, -0.2) is 4.99 Å². The number of para-hydroxylation sites is 1. The van der Waals surface area contributed by atoms with Crippen molar-refractivity contribution in [2.45, 2.75) is 19.8 Å². The van der Waals surface area contributed by atoms with Crippen LogP contribution in [0.1, 0.15) is 35.7 Å². The minimum absolute atomic E-state index is 0.265. The van der Waals surface area contributed by atoms with Gasteiger partial charge in [0.1, 0.15) is 11.1 Å². The summed E-state index contributed by atoms with van der Waals surface area (Å²) in [4.78, 5) is 17.7. The van der Waals surface area contributed by atoms with Crippen LogP contribution in [0.3, 0.4) is 0 Å². The largest absolute Gasteiger partial charge is 0.438 e. The Hall–Kier alpha value is -3.37. The average Bonchev–Trinajstić information content (AvgIpc) is 2.75. The molecule has 3 aromatic carbocycles. The first kappa shape index (κ1) is 19.9. The van der Waals surface area contributed by atoms with Gasteiger partial charge in [-0.3, -0.25) is 4.79 Å². The third-order valence-electron chi connectivity index (χ3n) is 4.77. The van der Waals surface area contributed by atoms with Crippen molar-refractivity contribution < 1.29 is 9.21 Å². The molecular weight excluding hydrogens is 396 g/mol. The van der Waals surface area contributed by atoms with Gasteiger partial charge in [0.25, 0.3) is 5.91 Å². The summed E-state index contributed by atoms with van der Waals surface area (Å²) in [6.07, 6.45) is 0. The second kappa shape index (κ2) is 8.56. The zero-order chi connectivity index (χ0) is 21.1. The van der Waals surface area contributed by atoms with Gasteiger partial charge in [-0.05, 0) is 60.0 Å². The first-order chi connectivity index (χ1) is 14.5. The molecule has 0 saturated heterocycles. The zero-order valence-electron chi connectivity index (χ0n) is 16.7. The lowest BCUT2D eigenvalue weighted by Gasteiger charge is -2.08. The van der Waals surface area contributed by atoms with Crippen LogP contribution >= 0.6 is 11.6 Å². The number of amides is 1. The number of halogens is 1. The van der Waals surface area contributed by atoms with Crippen molar-refractivity contribution in [3.05, 3.63) is 101 Å². The summed E-state index contributed by atoms with van der Waals surface area (Å²) in [5.74, 6) is 0.0759. The summed E-state index contributed by atoms with van der Waals surface area (Å²) < 4.78 is 6.03. The van der Waals surface area contributed by atoms with E-state index in [0.717, 1.165) is 11.1 Å². The summed E-state index contributed by atoms with van der Waals surface area (Å²) in [5, 5.41) is 4.32. The monoisotopic (exact) mass is 416 g/mol. The van der Waals surface area contributed by atoms with E-state index in [4.69, 9.17) is 16.0 Å². The van der Waals surface area contributed by atoms with Crippen molar-refractivity contribution in [1.29, 1.82) is 0 Å². The number of fused-ring (bicyclic) bond motifs is 1. The number of rotatable bonds is 4. The second-order valence-electron chi connectivity index (χ2n) is 7.33. The van der Waals surface area contributed by atoms with E-state index in [1.807, 2.05) is 42.5 Å². The number of hydrogen-bond donors (Lipinski definition) is 1. The summed E-state index contributed by atoms with van der Waals surface area (Å²) in [6, 6.07) is 24.3. The van der Waals surface area contributed by atoms with E-state index in [-0.39, 0.29) is 11.5 Å². The summed E-state index contributed by atoms with van der Waals surface area (Å²) in [7, 11) is 0. The standard InChI is InChI=1S/C25H21ClN2O2/c1-16(2)17-7-5-8-21(14-17)28-25-22(15-18-6-3-4-9-23(18)30-25)24(29)27-20-12-10-19(26)11-13-20/h3-16H,1-2H3,(H,27,29). The van der Waals surface area contributed by atoms with Gasteiger partial charge < -0.3 is 9.73 Å². The molecular formula is C25H21ClN2O2. The third kappa shape index (κ3) is 4.44. The predicted octanol–water partition coefficient (Wildman–Crippen LogP) is 6.69. The van der Waals surface area contributed by atoms with Gasteiger partial charge in [0.15, 0.2) is 0 Å². The van der Waals surface area contributed by atoms with Crippen molar-refractivity contribution in [3.63, 3.8) is 0 Å². The smallest absolute Gasteiger partial charge is 0.261 e. The molecule has 30 heavy (non-hydrogen) atoms. The van der Waals surface area contributed by atoms with Gasteiger partial charge in [-0.1, -0.05) is 55.8 Å². The number of carbonyl (C=O) groups excluding carboxylic acids is 1. The van der Waals surface area contributed by atoms with E-state index in [1.54, 1.807) is 30.3 Å². The van der Waals surface area contributed by atoms with Crippen LogP contribution in [0.4, 0.5) is 11.4 Å². The lowest BCUT2D eigenvalue weighted by Crippen LogP contribution is -2.21. The molecule has 0 bridgehead atoms. The predicted molar refractivity (Wildman–Crippen MR) is 121 cm³/mol. The molecule has 0 saturated carbocycles. The first-order valence-electron chi connectivity index (χ1n) is 9.74. The Bertz CT molecular complexity index is 1270. The van der Waals surface area contributed by atoms with Crippen LogP contribution in [-0.4, -0.2) is 5.91 Å². The number of carbonyl (C=O) groups is 1. The quantitative estimate of drug-likeness (QED) is 0.402. The Morgan fingerprint density at radius 2 is 1.73 bits per heavy atom. The van der Waals surface area contributed by atoms with E-state index in [9.17, 15) is 4.79 Å². The van der Waals surface area contributed by atoms with Crippen LogP contribution in [0.25, 0.3) is 11.0 Å². The highest BCUT2D eigenvalue weighted by molar-refractivity contribution is 6.30. The maximum absolute atomic E-state index is 13.1. The molecule has 0 aliphatic heterocycles. The molecule has 0 aliphatic rings. The highest BCUT2D eigenvalue weighted by Crippen LogP contribution is 2.21. The molecule has 1 aromatic heterocycles. The van der Waals surface area contributed by atoms with Gasteiger partial charge >= 0.3 is 0 Å². The van der Waals surface area contributed by atoms with Crippen molar-refractivity contribution in [2.75, 3.05) is 5.32 Å². The molecule has 5 heteroatoms. The molecule has 1 N–H and O–H groups in total. The molecule has 4 rings (SSSR count). The zero-order valence-corrected chi connectivity index (χ0v) is 17.5. The topological polar surface area (TPSA) is 54.6 Å². The summed E-state index contributed by atoms with van der Waals surface area (Å²) in [6.45, 7) is 4.26. The molecule has 0 radical (unpaired) electrons. The molecule has 0 fully saturated rings. The molecule has 150 valence electrons. The Morgan fingerprint density at radius 1 is 0.967 bits per heavy atom. The molecule has 1 amide bonds. The van der Waals surface area contributed by atoms with E-state index in [2.05, 4.69) is 30.2 Å². The molecule has 0 aliphatic carbocycles. The van der Waals surface area contributed by atoms with Gasteiger partial charge in [-0.2, -0.15) is 0 Å². The average molecular weight is 417 g/mol. The van der Waals surface area contributed by atoms with Crippen LogP contribution < -0.4 is 10.9 Å². The van der Waals surface area contributed by atoms with Gasteiger partial charge in [-0.15, -0.1) is 0 Å². The Kier molecular flexibility index (Phi) is 5.68. The van der Waals surface area contributed by atoms with Crippen molar-refractivity contribution in [2.24, 2.45) is 4.99 Å². The fourth-order valence-corrected chi connectivity index (χ4v) is 3.24. The molecule has 4 nitrogen and oxygen atoms in total. The number of nitrogens with one attached hydrogen (secondary N) is 1. The van der Waals surface area contributed by atoms with Crippen LogP contribution in [0.2, 0.25) is 5.02 Å². The van der Waals surface area contributed by atoms with E-state index in [0.29, 0.717) is 27.8 Å². The van der Waals surface area contributed by atoms with Gasteiger partial charge in [0.2, 0.25) is 5.55 Å². The van der Waals surface area contributed by atoms with Crippen molar-refractivity contribution in [3.8, 4) is 0 Å². The van der Waals surface area contributed by atoms with Crippen LogP contribution in [-0.2, 0) is 0 Å². The number of hydrogen-bond acceptors (Lipinski definition) is 3. The first-order valence-corrected chi connectivity index (χ1v) is 10.1.